The molecule has 0 saturated carbocycles. The average molecular weight is 196 g/mol. The van der Waals surface area contributed by atoms with Crippen LogP contribution in [0.5, 0.6) is 0 Å². The highest BCUT2D eigenvalue weighted by Crippen LogP contribution is 2.15. The van der Waals surface area contributed by atoms with E-state index in [-0.39, 0.29) is 0 Å². The molecule has 0 aromatic carbocycles. The van der Waals surface area contributed by atoms with Crippen LogP contribution >= 0.6 is 11.6 Å². The molecule has 2 aromatic rings. The minimum atomic E-state index is 0.650. The van der Waals surface area contributed by atoms with E-state index in [2.05, 4.69) is 17.1 Å². The Balaban J connectivity index is 2.61. The van der Waals surface area contributed by atoms with Crippen LogP contribution in [0.3, 0.4) is 0 Å². The second kappa shape index (κ2) is 3.34. The predicted octanol–water partition coefficient (Wildman–Crippen LogP) is 2.34. The van der Waals surface area contributed by atoms with Crippen LogP contribution < -0.4 is 0 Å². The number of fused-ring (bicyclic) bond motifs is 1. The molecule has 2 aromatic heterocycles. The zero-order valence-corrected chi connectivity index (χ0v) is 8.12. The Morgan fingerprint density at radius 3 is 3.08 bits per heavy atom. The van der Waals surface area contributed by atoms with Gasteiger partial charge in [-0.1, -0.05) is 18.5 Å². The quantitative estimate of drug-likeness (QED) is 0.737. The molecule has 0 aliphatic heterocycles. The molecule has 2 rings (SSSR count). The van der Waals surface area contributed by atoms with E-state index in [9.17, 15) is 0 Å². The highest BCUT2D eigenvalue weighted by atomic mass is 35.5. The van der Waals surface area contributed by atoms with Crippen LogP contribution in [0.1, 0.15) is 19.2 Å². The molecule has 13 heavy (non-hydrogen) atoms. The summed E-state index contributed by atoms with van der Waals surface area (Å²) in [5.41, 5.74) is 0.743. The number of aryl methyl sites for hydroxylation is 1. The number of hydrogen-bond donors (Lipinski definition) is 0. The number of nitrogens with zero attached hydrogens (tertiary/aromatic N) is 3. The zero-order valence-electron chi connectivity index (χ0n) is 7.37. The Morgan fingerprint density at radius 1 is 1.46 bits per heavy atom. The molecule has 0 aliphatic carbocycles. The summed E-state index contributed by atoms with van der Waals surface area (Å²) in [5, 5.41) is 8.74. The first-order valence-electron chi connectivity index (χ1n) is 4.31. The lowest BCUT2D eigenvalue weighted by molar-refractivity contribution is 0.818. The van der Waals surface area contributed by atoms with Crippen molar-refractivity contribution in [1.29, 1.82) is 0 Å². The van der Waals surface area contributed by atoms with Crippen molar-refractivity contribution in [2.24, 2.45) is 0 Å². The van der Waals surface area contributed by atoms with Crippen molar-refractivity contribution in [2.45, 2.75) is 19.8 Å². The van der Waals surface area contributed by atoms with Gasteiger partial charge in [0.15, 0.2) is 5.65 Å². The number of hydrogen-bond acceptors (Lipinski definition) is 2. The van der Waals surface area contributed by atoms with Crippen molar-refractivity contribution in [3.63, 3.8) is 0 Å². The van der Waals surface area contributed by atoms with Gasteiger partial charge < -0.3 is 0 Å². The van der Waals surface area contributed by atoms with Gasteiger partial charge in [0.05, 0.1) is 5.02 Å². The van der Waals surface area contributed by atoms with Crippen molar-refractivity contribution in [2.75, 3.05) is 0 Å². The summed E-state index contributed by atoms with van der Waals surface area (Å²) in [6, 6.07) is 3.72. The third-order valence-electron chi connectivity index (χ3n) is 1.93. The predicted molar refractivity (Wildman–Crippen MR) is 52.0 cm³/mol. The molecule has 0 amide bonds. The molecule has 0 unspecified atom stereocenters. The topological polar surface area (TPSA) is 30.2 Å². The Morgan fingerprint density at radius 2 is 2.31 bits per heavy atom. The van der Waals surface area contributed by atoms with Crippen molar-refractivity contribution in [1.82, 2.24) is 14.6 Å². The molecular weight excluding hydrogens is 186 g/mol. The van der Waals surface area contributed by atoms with E-state index in [1.807, 2.05) is 22.7 Å². The molecule has 2 heterocycles. The lowest BCUT2D eigenvalue weighted by atomic mass is 10.3. The molecule has 0 bridgehead atoms. The van der Waals surface area contributed by atoms with Crippen molar-refractivity contribution in [3.8, 4) is 0 Å². The number of aromatic nitrogens is 3. The van der Waals surface area contributed by atoms with Crippen LogP contribution in [0, 0.1) is 0 Å². The smallest absolute Gasteiger partial charge is 0.179 e. The first kappa shape index (κ1) is 8.51. The minimum absolute atomic E-state index is 0.650. The molecule has 0 saturated heterocycles. The van der Waals surface area contributed by atoms with E-state index in [4.69, 9.17) is 11.6 Å². The van der Waals surface area contributed by atoms with Crippen LogP contribution in [0.4, 0.5) is 0 Å². The molecule has 3 nitrogen and oxygen atoms in total. The van der Waals surface area contributed by atoms with Gasteiger partial charge in [-0.25, -0.2) is 0 Å². The van der Waals surface area contributed by atoms with E-state index in [0.29, 0.717) is 5.02 Å². The second-order valence-corrected chi connectivity index (χ2v) is 3.32. The summed E-state index contributed by atoms with van der Waals surface area (Å²) >= 11 is 5.95. The molecule has 0 N–H and O–H groups in total. The largest absolute Gasteiger partial charge is 0.285 e. The average Bonchev–Trinajstić information content (AvgIpc) is 2.51. The molecule has 4 heteroatoms. The number of rotatable bonds is 2. The maximum atomic E-state index is 5.95. The van der Waals surface area contributed by atoms with Gasteiger partial charge in [-0.05, 0) is 18.6 Å². The summed E-state index contributed by atoms with van der Waals surface area (Å²) in [5.74, 6) is 0.972. The van der Waals surface area contributed by atoms with E-state index >= 15 is 0 Å². The Hall–Kier alpha value is -1.09. The maximum absolute atomic E-state index is 5.95. The fourth-order valence-corrected chi connectivity index (χ4v) is 1.53. The van der Waals surface area contributed by atoms with Gasteiger partial charge in [0, 0.05) is 12.6 Å². The van der Waals surface area contributed by atoms with E-state index < -0.39 is 0 Å². The van der Waals surface area contributed by atoms with E-state index in [1.54, 1.807) is 0 Å². The summed E-state index contributed by atoms with van der Waals surface area (Å²) in [7, 11) is 0. The fraction of sp³-hybridized carbons (Fsp3) is 0.333. The number of pyridine rings is 1. The maximum Gasteiger partial charge on any atom is 0.179 e. The lowest BCUT2D eigenvalue weighted by Gasteiger charge is -1.97. The highest BCUT2D eigenvalue weighted by molar-refractivity contribution is 6.33. The first-order valence-corrected chi connectivity index (χ1v) is 4.69. The Kier molecular flexibility index (Phi) is 2.19. The van der Waals surface area contributed by atoms with Crippen LogP contribution in [0.15, 0.2) is 18.3 Å². The highest BCUT2D eigenvalue weighted by Gasteiger charge is 2.05. The Labute approximate surface area is 81.4 Å². The van der Waals surface area contributed by atoms with E-state index in [1.165, 1.54) is 0 Å². The summed E-state index contributed by atoms with van der Waals surface area (Å²) in [4.78, 5) is 0. The van der Waals surface area contributed by atoms with Crippen molar-refractivity contribution in [3.05, 3.63) is 29.2 Å². The third kappa shape index (κ3) is 1.40. The first-order chi connectivity index (χ1) is 6.33. The van der Waals surface area contributed by atoms with Gasteiger partial charge in [-0.15, -0.1) is 10.2 Å². The monoisotopic (exact) mass is 195 g/mol. The summed E-state index contributed by atoms with van der Waals surface area (Å²) in [6.07, 6.45) is 3.93. The molecule has 68 valence electrons. The van der Waals surface area contributed by atoms with Crippen LogP contribution in [0.25, 0.3) is 5.65 Å². The molecular formula is C9H10ClN3. The fourth-order valence-electron chi connectivity index (χ4n) is 1.33. The standard InChI is InChI=1S/C9H10ClN3/c1-2-4-8-11-12-9-7(10)5-3-6-13(8)9/h3,5-6H,2,4H2,1H3. The van der Waals surface area contributed by atoms with Gasteiger partial charge >= 0.3 is 0 Å². The summed E-state index contributed by atoms with van der Waals surface area (Å²) < 4.78 is 1.94. The molecule has 0 atom stereocenters. The molecule has 0 radical (unpaired) electrons. The van der Waals surface area contributed by atoms with Crippen LogP contribution in [0.2, 0.25) is 5.02 Å². The molecule has 0 aliphatic rings. The second-order valence-electron chi connectivity index (χ2n) is 2.92. The Bertz CT molecular complexity index is 422. The summed E-state index contributed by atoms with van der Waals surface area (Å²) in [6.45, 7) is 2.12. The van der Waals surface area contributed by atoms with Gasteiger partial charge in [-0.2, -0.15) is 0 Å². The molecule has 0 spiro atoms. The van der Waals surface area contributed by atoms with Crippen LogP contribution in [-0.4, -0.2) is 14.6 Å². The van der Waals surface area contributed by atoms with Crippen LogP contribution in [-0.2, 0) is 6.42 Å². The SMILES string of the molecule is CCCc1nnc2c(Cl)cccn12. The van der Waals surface area contributed by atoms with Gasteiger partial charge in [-0.3, -0.25) is 4.40 Å². The van der Waals surface area contributed by atoms with Gasteiger partial charge in [0.1, 0.15) is 5.82 Å². The number of halogens is 1. The van der Waals surface area contributed by atoms with Gasteiger partial charge in [0.2, 0.25) is 0 Å². The van der Waals surface area contributed by atoms with Crippen molar-refractivity contribution < 1.29 is 0 Å². The van der Waals surface area contributed by atoms with E-state index in [0.717, 1.165) is 24.3 Å². The van der Waals surface area contributed by atoms with Crippen molar-refractivity contribution >= 4 is 17.2 Å². The molecule has 0 fully saturated rings. The lowest BCUT2D eigenvalue weighted by Crippen LogP contribution is -1.93. The van der Waals surface area contributed by atoms with Gasteiger partial charge in [0.25, 0.3) is 0 Å². The minimum Gasteiger partial charge on any atom is -0.285 e. The zero-order chi connectivity index (χ0) is 9.26. The third-order valence-corrected chi connectivity index (χ3v) is 2.23. The normalized spacial score (nSPS) is 10.9.